The molecule has 0 saturated heterocycles. The highest BCUT2D eigenvalue weighted by molar-refractivity contribution is 7.12. The third-order valence-electron chi connectivity index (χ3n) is 2.41. The molecule has 0 aliphatic rings. The van der Waals surface area contributed by atoms with Crippen LogP contribution in [0.4, 0.5) is 0 Å². The number of hydrogen-bond donors (Lipinski definition) is 2. The summed E-state index contributed by atoms with van der Waals surface area (Å²) in [6, 6.07) is 1.78. The minimum Gasteiger partial charge on any atom is -0.496 e. The Morgan fingerprint density at radius 2 is 2.22 bits per heavy atom. The van der Waals surface area contributed by atoms with Crippen molar-refractivity contribution in [1.29, 1.82) is 0 Å². The van der Waals surface area contributed by atoms with Gasteiger partial charge in [0.25, 0.3) is 5.91 Å². The number of nitrogens with one attached hydrogen (secondary N) is 1. The Bertz CT molecular complexity index is 369. The molecule has 104 valence electrons. The average molecular weight is 293 g/mol. The van der Waals surface area contributed by atoms with Gasteiger partial charge in [0.2, 0.25) is 0 Å². The van der Waals surface area contributed by atoms with Crippen molar-refractivity contribution in [2.24, 2.45) is 11.7 Å². The molecule has 1 aromatic heterocycles. The molecule has 6 heteroatoms. The molecule has 0 aliphatic heterocycles. The van der Waals surface area contributed by atoms with E-state index in [1.165, 1.54) is 11.3 Å². The fourth-order valence-electron chi connectivity index (χ4n) is 1.58. The lowest BCUT2D eigenvalue weighted by molar-refractivity contribution is 0.0937. The molecule has 1 atom stereocenters. The highest BCUT2D eigenvalue weighted by Gasteiger charge is 2.15. The van der Waals surface area contributed by atoms with Gasteiger partial charge in [0.05, 0.1) is 12.0 Å². The lowest BCUT2D eigenvalue weighted by atomic mass is 10.0. The zero-order valence-electron chi connectivity index (χ0n) is 10.9. The molecule has 1 amide bonds. The number of ether oxygens (including phenoxy) is 1. The minimum absolute atomic E-state index is 0. The van der Waals surface area contributed by atoms with Crippen molar-refractivity contribution >= 4 is 29.7 Å². The van der Waals surface area contributed by atoms with E-state index in [1.54, 1.807) is 13.2 Å². The molecule has 3 N–H and O–H groups in total. The molecule has 0 spiro atoms. The van der Waals surface area contributed by atoms with Crippen molar-refractivity contribution in [1.82, 2.24) is 5.32 Å². The molecule has 0 bridgehead atoms. The van der Waals surface area contributed by atoms with Crippen LogP contribution in [0.1, 0.15) is 29.9 Å². The van der Waals surface area contributed by atoms with Crippen molar-refractivity contribution in [3.8, 4) is 5.75 Å². The zero-order chi connectivity index (χ0) is 12.8. The van der Waals surface area contributed by atoms with E-state index in [0.717, 1.165) is 6.42 Å². The van der Waals surface area contributed by atoms with Gasteiger partial charge in [-0.3, -0.25) is 4.79 Å². The van der Waals surface area contributed by atoms with E-state index in [4.69, 9.17) is 10.5 Å². The Kier molecular flexibility index (Phi) is 7.98. The van der Waals surface area contributed by atoms with Crippen molar-refractivity contribution in [2.45, 2.75) is 26.3 Å². The number of thiophene rings is 1. The van der Waals surface area contributed by atoms with E-state index in [0.29, 0.717) is 23.1 Å². The van der Waals surface area contributed by atoms with Crippen LogP contribution < -0.4 is 15.8 Å². The summed E-state index contributed by atoms with van der Waals surface area (Å²) in [5, 5.41) is 4.76. The van der Waals surface area contributed by atoms with Crippen LogP contribution in [0, 0.1) is 5.92 Å². The predicted molar refractivity (Wildman–Crippen MR) is 77.9 cm³/mol. The summed E-state index contributed by atoms with van der Waals surface area (Å²) in [6.45, 7) is 4.69. The van der Waals surface area contributed by atoms with E-state index in [9.17, 15) is 4.79 Å². The fourth-order valence-corrected chi connectivity index (χ4v) is 2.34. The Hall–Kier alpha value is -0.780. The van der Waals surface area contributed by atoms with Crippen LogP contribution in [0.25, 0.3) is 0 Å². The first-order valence-electron chi connectivity index (χ1n) is 5.70. The molecule has 0 fully saturated rings. The first kappa shape index (κ1) is 17.2. The number of carbonyl (C=O) groups excluding carboxylic acids is 1. The summed E-state index contributed by atoms with van der Waals surface area (Å²) in [5.41, 5.74) is 5.64. The second kappa shape index (κ2) is 8.34. The molecule has 0 radical (unpaired) electrons. The maximum Gasteiger partial charge on any atom is 0.261 e. The molecular weight excluding hydrogens is 272 g/mol. The van der Waals surface area contributed by atoms with Crippen LogP contribution in [0.15, 0.2) is 11.4 Å². The van der Waals surface area contributed by atoms with Gasteiger partial charge in [-0.1, -0.05) is 13.8 Å². The molecule has 1 heterocycles. The summed E-state index contributed by atoms with van der Waals surface area (Å²) in [4.78, 5) is 12.6. The number of hydrogen-bond acceptors (Lipinski definition) is 4. The van der Waals surface area contributed by atoms with Crippen LogP contribution in [0.5, 0.6) is 5.75 Å². The number of nitrogens with two attached hydrogens (primary N) is 1. The van der Waals surface area contributed by atoms with Crippen LogP contribution in [0.2, 0.25) is 0 Å². The van der Waals surface area contributed by atoms with E-state index in [2.05, 4.69) is 19.2 Å². The number of halogens is 1. The highest BCUT2D eigenvalue weighted by atomic mass is 35.5. The highest BCUT2D eigenvalue weighted by Crippen LogP contribution is 2.21. The summed E-state index contributed by atoms with van der Waals surface area (Å²) in [7, 11) is 1.59. The molecule has 18 heavy (non-hydrogen) atoms. The SMILES string of the molecule is COc1csc(C(=O)NC(CN)CC(C)C)c1.Cl. The molecule has 0 saturated carbocycles. The molecule has 0 aliphatic carbocycles. The van der Waals surface area contributed by atoms with E-state index < -0.39 is 0 Å². The number of amides is 1. The van der Waals surface area contributed by atoms with Gasteiger partial charge < -0.3 is 15.8 Å². The first-order chi connectivity index (χ1) is 8.06. The lowest BCUT2D eigenvalue weighted by Gasteiger charge is -2.18. The summed E-state index contributed by atoms with van der Waals surface area (Å²) >= 11 is 1.38. The fraction of sp³-hybridized carbons (Fsp3) is 0.583. The van der Waals surface area contributed by atoms with Crippen molar-refractivity contribution in [3.05, 3.63) is 16.3 Å². The maximum absolute atomic E-state index is 11.9. The quantitative estimate of drug-likeness (QED) is 0.845. The van der Waals surface area contributed by atoms with Crippen molar-refractivity contribution < 1.29 is 9.53 Å². The van der Waals surface area contributed by atoms with Crippen LogP contribution >= 0.6 is 23.7 Å². The molecular formula is C12H21ClN2O2S. The van der Waals surface area contributed by atoms with E-state index >= 15 is 0 Å². The monoisotopic (exact) mass is 292 g/mol. The summed E-state index contributed by atoms with van der Waals surface area (Å²) in [5.74, 6) is 1.16. The zero-order valence-corrected chi connectivity index (χ0v) is 12.6. The summed E-state index contributed by atoms with van der Waals surface area (Å²) < 4.78 is 5.05. The van der Waals surface area contributed by atoms with Crippen LogP contribution in [-0.4, -0.2) is 25.6 Å². The third-order valence-corrected chi connectivity index (χ3v) is 3.32. The number of methoxy groups -OCH3 is 1. The van der Waals surface area contributed by atoms with Crippen LogP contribution in [0.3, 0.4) is 0 Å². The molecule has 1 aromatic rings. The smallest absolute Gasteiger partial charge is 0.261 e. The topological polar surface area (TPSA) is 64.3 Å². The molecule has 0 aromatic carbocycles. The molecule has 1 rings (SSSR count). The summed E-state index contributed by atoms with van der Waals surface area (Å²) in [6.07, 6.45) is 0.894. The maximum atomic E-state index is 11.9. The third kappa shape index (κ3) is 5.25. The normalized spacial score (nSPS) is 11.8. The number of rotatable bonds is 6. The Balaban J connectivity index is 0.00000289. The van der Waals surface area contributed by atoms with Gasteiger partial charge in [-0.25, -0.2) is 0 Å². The van der Waals surface area contributed by atoms with E-state index in [-0.39, 0.29) is 24.4 Å². The second-order valence-electron chi connectivity index (χ2n) is 4.39. The lowest BCUT2D eigenvalue weighted by Crippen LogP contribution is -2.40. The Morgan fingerprint density at radius 1 is 1.56 bits per heavy atom. The van der Waals surface area contributed by atoms with Crippen molar-refractivity contribution in [3.63, 3.8) is 0 Å². The standard InChI is InChI=1S/C12H20N2O2S.ClH/c1-8(2)4-9(6-13)14-12(15)11-5-10(16-3)7-17-11;/h5,7-9H,4,6,13H2,1-3H3,(H,14,15);1H. The second-order valence-corrected chi connectivity index (χ2v) is 5.30. The number of carbonyl (C=O) groups is 1. The Morgan fingerprint density at radius 3 is 2.67 bits per heavy atom. The molecule has 4 nitrogen and oxygen atoms in total. The van der Waals surface area contributed by atoms with Gasteiger partial charge in [0.1, 0.15) is 5.75 Å². The Labute approximate surface area is 118 Å². The largest absolute Gasteiger partial charge is 0.496 e. The predicted octanol–water partition coefficient (Wildman–Crippen LogP) is 2.28. The van der Waals surface area contributed by atoms with Gasteiger partial charge in [0.15, 0.2) is 0 Å². The van der Waals surface area contributed by atoms with E-state index in [1.807, 2.05) is 5.38 Å². The van der Waals surface area contributed by atoms with Crippen molar-refractivity contribution in [2.75, 3.05) is 13.7 Å². The van der Waals surface area contributed by atoms with Gasteiger partial charge in [-0.05, 0) is 12.3 Å². The average Bonchev–Trinajstić information content (AvgIpc) is 2.75. The van der Waals surface area contributed by atoms with Crippen LogP contribution in [-0.2, 0) is 0 Å². The van der Waals surface area contributed by atoms with Gasteiger partial charge in [-0.2, -0.15) is 0 Å². The molecule has 1 unspecified atom stereocenters. The van der Waals surface area contributed by atoms with Gasteiger partial charge in [-0.15, -0.1) is 23.7 Å². The first-order valence-corrected chi connectivity index (χ1v) is 6.58. The van der Waals surface area contributed by atoms with Gasteiger partial charge >= 0.3 is 0 Å². The minimum atomic E-state index is -0.0746. The van der Waals surface area contributed by atoms with Gasteiger partial charge in [0, 0.05) is 24.0 Å².